The molecular formula is C14H16N4O3S2. The second kappa shape index (κ2) is 8.49. The number of hydrogen-bond acceptors (Lipinski definition) is 7. The van der Waals surface area contributed by atoms with Crippen LogP contribution in [0.2, 0.25) is 0 Å². The van der Waals surface area contributed by atoms with E-state index in [1.807, 2.05) is 6.92 Å². The van der Waals surface area contributed by atoms with Crippen LogP contribution in [0.3, 0.4) is 0 Å². The van der Waals surface area contributed by atoms with Gasteiger partial charge in [0.15, 0.2) is 4.34 Å². The number of nitrogens with zero attached hydrogens (tertiary/aromatic N) is 2. The molecule has 1 heterocycles. The first-order chi connectivity index (χ1) is 11.1. The van der Waals surface area contributed by atoms with E-state index in [1.54, 1.807) is 24.3 Å². The lowest BCUT2D eigenvalue weighted by atomic mass is 10.3. The predicted octanol–water partition coefficient (Wildman–Crippen LogP) is 2.63. The van der Waals surface area contributed by atoms with Crippen molar-refractivity contribution in [1.29, 1.82) is 0 Å². The molecule has 0 unspecified atom stereocenters. The zero-order chi connectivity index (χ0) is 16.7. The zero-order valence-electron chi connectivity index (χ0n) is 12.7. The predicted molar refractivity (Wildman–Crippen MR) is 91.2 cm³/mol. The second-order valence-corrected chi connectivity index (χ2v) is 6.55. The van der Waals surface area contributed by atoms with Crippen LogP contribution < -0.4 is 15.4 Å². The number of benzene rings is 1. The molecule has 0 fully saturated rings. The molecule has 0 spiro atoms. The number of amides is 2. The lowest BCUT2D eigenvalue weighted by Gasteiger charge is -2.06. The maximum Gasteiger partial charge on any atom is 0.234 e. The summed E-state index contributed by atoms with van der Waals surface area (Å²) in [6.45, 7) is 3.92. The van der Waals surface area contributed by atoms with Gasteiger partial charge in [0.2, 0.25) is 16.9 Å². The molecule has 1 aromatic heterocycles. The van der Waals surface area contributed by atoms with Gasteiger partial charge in [-0.3, -0.25) is 9.59 Å². The van der Waals surface area contributed by atoms with Gasteiger partial charge >= 0.3 is 0 Å². The molecule has 9 heteroatoms. The smallest absolute Gasteiger partial charge is 0.234 e. The summed E-state index contributed by atoms with van der Waals surface area (Å²) in [6.07, 6.45) is 0. The van der Waals surface area contributed by atoms with E-state index in [2.05, 4.69) is 20.8 Å². The molecule has 0 aliphatic heterocycles. The van der Waals surface area contributed by atoms with Gasteiger partial charge in [0.1, 0.15) is 5.75 Å². The Kier molecular flexibility index (Phi) is 6.36. The quantitative estimate of drug-likeness (QED) is 0.588. The van der Waals surface area contributed by atoms with E-state index in [0.717, 1.165) is 5.75 Å². The highest BCUT2D eigenvalue weighted by Gasteiger charge is 2.09. The molecule has 0 radical (unpaired) electrons. The van der Waals surface area contributed by atoms with Crippen LogP contribution in [0.5, 0.6) is 5.75 Å². The number of nitrogens with one attached hydrogen (secondary N) is 2. The van der Waals surface area contributed by atoms with E-state index in [-0.39, 0.29) is 17.6 Å². The molecule has 0 bridgehead atoms. The minimum absolute atomic E-state index is 0.143. The van der Waals surface area contributed by atoms with Gasteiger partial charge in [-0.05, 0) is 31.2 Å². The summed E-state index contributed by atoms with van der Waals surface area (Å²) in [5.74, 6) is 0.627. The molecule has 0 saturated carbocycles. The third-order valence-electron chi connectivity index (χ3n) is 2.47. The molecule has 0 atom stereocenters. The fourth-order valence-electron chi connectivity index (χ4n) is 1.59. The van der Waals surface area contributed by atoms with Crippen molar-refractivity contribution in [3.8, 4) is 5.75 Å². The Morgan fingerprint density at radius 1 is 1.22 bits per heavy atom. The number of hydrogen-bond donors (Lipinski definition) is 2. The van der Waals surface area contributed by atoms with Crippen molar-refractivity contribution in [2.45, 2.75) is 18.2 Å². The van der Waals surface area contributed by atoms with Gasteiger partial charge < -0.3 is 15.4 Å². The van der Waals surface area contributed by atoms with Crippen LogP contribution in [-0.4, -0.2) is 34.4 Å². The fourth-order valence-corrected chi connectivity index (χ4v) is 3.19. The van der Waals surface area contributed by atoms with Gasteiger partial charge in [-0.2, -0.15) is 0 Å². The molecule has 0 saturated heterocycles. The second-order valence-electron chi connectivity index (χ2n) is 4.35. The van der Waals surface area contributed by atoms with Gasteiger partial charge in [-0.1, -0.05) is 23.1 Å². The number of carbonyl (C=O) groups is 2. The summed E-state index contributed by atoms with van der Waals surface area (Å²) in [5, 5.41) is 13.5. The number of rotatable bonds is 7. The first kappa shape index (κ1) is 17.2. The van der Waals surface area contributed by atoms with Crippen LogP contribution in [0.15, 0.2) is 28.6 Å². The van der Waals surface area contributed by atoms with Crippen molar-refractivity contribution in [3.05, 3.63) is 24.3 Å². The van der Waals surface area contributed by atoms with Crippen LogP contribution >= 0.6 is 23.1 Å². The summed E-state index contributed by atoms with van der Waals surface area (Å²) < 4.78 is 5.96. The van der Waals surface area contributed by atoms with E-state index >= 15 is 0 Å². The number of carbonyl (C=O) groups excluding carboxylic acids is 2. The lowest BCUT2D eigenvalue weighted by molar-refractivity contribution is -0.114. The minimum Gasteiger partial charge on any atom is -0.494 e. The maximum atomic E-state index is 11.9. The van der Waals surface area contributed by atoms with Crippen molar-refractivity contribution in [2.24, 2.45) is 0 Å². The summed E-state index contributed by atoms with van der Waals surface area (Å²) in [7, 11) is 0. The molecule has 23 heavy (non-hydrogen) atoms. The van der Waals surface area contributed by atoms with Gasteiger partial charge in [-0.15, -0.1) is 10.2 Å². The molecule has 2 aromatic rings. The minimum atomic E-state index is -0.203. The monoisotopic (exact) mass is 352 g/mol. The highest BCUT2D eigenvalue weighted by Crippen LogP contribution is 2.25. The summed E-state index contributed by atoms with van der Waals surface area (Å²) >= 11 is 2.49. The topological polar surface area (TPSA) is 93.2 Å². The fraction of sp³-hybridized carbons (Fsp3) is 0.286. The number of anilines is 2. The molecule has 1 aromatic carbocycles. The molecular weight excluding hydrogens is 336 g/mol. The van der Waals surface area contributed by atoms with Gasteiger partial charge in [-0.25, -0.2) is 0 Å². The normalized spacial score (nSPS) is 10.2. The highest BCUT2D eigenvalue weighted by molar-refractivity contribution is 8.01. The van der Waals surface area contributed by atoms with E-state index < -0.39 is 0 Å². The average molecular weight is 352 g/mol. The van der Waals surface area contributed by atoms with Crippen LogP contribution in [-0.2, 0) is 9.59 Å². The molecule has 2 N–H and O–H groups in total. The van der Waals surface area contributed by atoms with Gasteiger partial charge in [0, 0.05) is 12.6 Å². The van der Waals surface area contributed by atoms with Gasteiger partial charge in [0.25, 0.3) is 0 Å². The molecule has 2 amide bonds. The molecule has 0 aliphatic rings. The highest BCUT2D eigenvalue weighted by atomic mass is 32.2. The first-order valence-electron chi connectivity index (χ1n) is 6.83. The van der Waals surface area contributed by atoms with Crippen molar-refractivity contribution in [3.63, 3.8) is 0 Å². The van der Waals surface area contributed by atoms with Gasteiger partial charge in [0.05, 0.1) is 12.4 Å². The van der Waals surface area contributed by atoms with Crippen molar-refractivity contribution < 1.29 is 14.3 Å². The molecule has 122 valence electrons. The summed E-state index contributed by atoms with van der Waals surface area (Å²) in [4.78, 5) is 22.8. The Labute approximate surface area is 141 Å². The largest absolute Gasteiger partial charge is 0.494 e. The lowest BCUT2D eigenvalue weighted by Crippen LogP contribution is -2.13. The Morgan fingerprint density at radius 3 is 2.61 bits per heavy atom. The van der Waals surface area contributed by atoms with Crippen LogP contribution in [0.4, 0.5) is 10.8 Å². The van der Waals surface area contributed by atoms with E-state index in [0.29, 0.717) is 21.8 Å². The van der Waals surface area contributed by atoms with E-state index in [9.17, 15) is 9.59 Å². The SMILES string of the molecule is CCOc1ccc(NC(=O)CSc2nnc(NC(C)=O)s2)cc1. The third kappa shape index (κ3) is 5.87. The number of ether oxygens (including phenoxy) is 1. The Balaban J connectivity index is 1.80. The maximum absolute atomic E-state index is 11.9. The van der Waals surface area contributed by atoms with Crippen LogP contribution in [0.1, 0.15) is 13.8 Å². The number of thioether (sulfide) groups is 1. The van der Waals surface area contributed by atoms with Crippen molar-refractivity contribution >= 4 is 45.7 Å². The third-order valence-corrected chi connectivity index (χ3v) is 4.44. The molecule has 0 aliphatic carbocycles. The Hall–Kier alpha value is -2.13. The van der Waals surface area contributed by atoms with Crippen molar-refractivity contribution in [2.75, 3.05) is 23.0 Å². The Morgan fingerprint density at radius 2 is 1.96 bits per heavy atom. The zero-order valence-corrected chi connectivity index (χ0v) is 14.3. The Bertz CT molecular complexity index is 673. The van der Waals surface area contributed by atoms with Crippen LogP contribution in [0.25, 0.3) is 0 Å². The van der Waals surface area contributed by atoms with Crippen LogP contribution in [0, 0.1) is 0 Å². The summed E-state index contributed by atoms with van der Waals surface area (Å²) in [6, 6.07) is 7.17. The standard InChI is InChI=1S/C14H16N4O3S2/c1-3-21-11-6-4-10(5-7-11)16-12(20)8-22-14-18-17-13(23-14)15-9(2)19/h4-7H,3,8H2,1-2H3,(H,16,20)(H,15,17,19). The molecule has 2 rings (SSSR count). The first-order valence-corrected chi connectivity index (χ1v) is 8.63. The summed E-state index contributed by atoms with van der Waals surface area (Å²) in [5.41, 5.74) is 0.704. The average Bonchev–Trinajstić information content (AvgIpc) is 2.94. The van der Waals surface area contributed by atoms with E-state index in [1.165, 1.54) is 30.0 Å². The van der Waals surface area contributed by atoms with E-state index in [4.69, 9.17) is 4.74 Å². The van der Waals surface area contributed by atoms with Crippen molar-refractivity contribution in [1.82, 2.24) is 10.2 Å². The molecule has 7 nitrogen and oxygen atoms in total. The number of aromatic nitrogens is 2.